The van der Waals surface area contributed by atoms with E-state index < -0.39 is 5.54 Å². The van der Waals surface area contributed by atoms with Gasteiger partial charge in [-0.2, -0.15) is 0 Å². The summed E-state index contributed by atoms with van der Waals surface area (Å²) >= 11 is 5.53. The van der Waals surface area contributed by atoms with E-state index in [0.717, 1.165) is 30.7 Å². The molecule has 1 aliphatic heterocycles. The van der Waals surface area contributed by atoms with Gasteiger partial charge in [0.1, 0.15) is 5.78 Å². The number of hydrogen-bond donors (Lipinski definition) is 0. The van der Waals surface area contributed by atoms with Crippen LogP contribution >= 0.6 is 12.2 Å². The summed E-state index contributed by atoms with van der Waals surface area (Å²) < 4.78 is 0. The summed E-state index contributed by atoms with van der Waals surface area (Å²) in [5.74, 6) is 0.121. The molecule has 1 aliphatic rings. The predicted octanol–water partition coefficient (Wildman–Crippen LogP) is 3.62. The maximum Gasteiger partial charge on any atom is 0.220 e. The van der Waals surface area contributed by atoms with Crippen molar-refractivity contribution in [3.63, 3.8) is 0 Å². The molecule has 22 heavy (non-hydrogen) atoms. The summed E-state index contributed by atoms with van der Waals surface area (Å²) in [4.78, 5) is 25.4. The first-order chi connectivity index (χ1) is 10.2. The lowest BCUT2D eigenvalue weighted by atomic mass is 9.77. The molecule has 0 N–H and O–H groups in total. The standard InChI is InChI=1S/C16H28N2O3S/c1-5-6-7-14-10-13(16(3,4)18(20)21)11-15(22)17(14)9-8-12(2)19/h13-14H,5-11H2,1-4H3/t13-,14-/m0/s1. The average molecular weight is 328 g/mol. The summed E-state index contributed by atoms with van der Waals surface area (Å²) in [6.07, 6.45) is 5.00. The van der Waals surface area contributed by atoms with Crippen molar-refractivity contribution in [1.29, 1.82) is 0 Å². The van der Waals surface area contributed by atoms with Gasteiger partial charge in [-0.05, 0) is 19.8 Å². The van der Waals surface area contributed by atoms with Crippen LogP contribution in [0.2, 0.25) is 0 Å². The van der Waals surface area contributed by atoms with E-state index in [1.165, 1.54) is 0 Å². The molecule has 0 aromatic carbocycles. The van der Waals surface area contributed by atoms with Gasteiger partial charge in [-0.3, -0.25) is 14.9 Å². The summed E-state index contributed by atoms with van der Waals surface area (Å²) in [5.41, 5.74) is -0.957. The molecule has 0 radical (unpaired) electrons. The molecule has 0 aliphatic carbocycles. The van der Waals surface area contributed by atoms with Crippen molar-refractivity contribution in [2.75, 3.05) is 6.54 Å². The summed E-state index contributed by atoms with van der Waals surface area (Å²) in [7, 11) is 0. The van der Waals surface area contributed by atoms with E-state index in [4.69, 9.17) is 12.2 Å². The maximum atomic E-state index is 11.3. The highest BCUT2D eigenvalue weighted by atomic mass is 32.1. The first-order valence-corrected chi connectivity index (χ1v) is 8.54. The number of carbonyl (C=O) groups excluding carboxylic acids is 1. The Morgan fingerprint density at radius 2 is 2.14 bits per heavy atom. The quantitative estimate of drug-likeness (QED) is 0.387. The van der Waals surface area contributed by atoms with Crippen molar-refractivity contribution in [2.24, 2.45) is 5.92 Å². The Morgan fingerprint density at radius 1 is 1.50 bits per heavy atom. The molecule has 2 atom stereocenters. The number of piperidine rings is 1. The van der Waals surface area contributed by atoms with Crippen molar-refractivity contribution < 1.29 is 9.72 Å². The number of hydrogen-bond acceptors (Lipinski definition) is 4. The molecule has 0 unspecified atom stereocenters. The lowest BCUT2D eigenvalue weighted by Crippen LogP contribution is -2.52. The Bertz CT molecular complexity index is 437. The van der Waals surface area contributed by atoms with E-state index in [2.05, 4.69) is 11.8 Å². The second-order valence-corrected chi connectivity index (χ2v) is 7.35. The molecule has 5 nitrogen and oxygen atoms in total. The fourth-order valence-corrected chi connectivity index (χ4v) is 3.50. The fourth-order valence-electron chi connectivity index (χ4n) is 3.06. The highest BCUT2D eigenvalue weighted by Crippen LogP contribution is 2.36. The number of ketones is 1. The molecule has 0 aromatic heterocycles. The van der Waals surface area contributed by atoms with E-state index in [1.807, 2.05) is 0 Å². The van der Waals surface area contributed by atoms with Gasteiger partial charge < -0.3 is 4.90 Å². The van der Waals surface area contributed by atoms with Crippen LogP contribution in [-0.4, -0.2) is 38.7 Å². The van der Waals surface area contributed by atoms with E-state index in [-0.39, 0.29) is 22.7 Å². The molecule has 126 valence electrons. The molecule has 1 heterocycles. The van der Waals surface area contributed by atoms with Crippen LogP contribution in [0.5, 0.6) is 0 Å². The molecule has 1 saturated heterocycles. The third kappa shape index (κ3) is 4.73. The summed E-state index contributed by atoms with van der Waals surface area (Å²) in [5, 5.41) is 11.3. The second-order valence-electron chi connectivity index (χ2n) is 6.88. The van der Waals surface area contributed by atoms with Crippen LogP contribution in [0.4, 0.5) is 0 Å². The highest BCUT2D eigenvalue weighted by Gasteiger charge is 2.46. The van der Waals surface area contributed by atoms with E-state index >= 15 is 0 Å². The molecule has 1 fully saturated rings. The molecule has 1 rings (SSSR count). The number of rotatable bonds is 8. The Kier molecular flexibility index (Phi) is 6.91. The zero-order chi connectivity index (χ0) is 16.9. The van der Waals surface area contributed by atoms with Crippen LogP contribution in [0.1, 0.15) is 66.2 Å². The van der Waals surface area contributed by atoms with Gasteiger partial charge in [0, 0.05) is 50.1 Å². The highest BCUT2D eigenvalue weighted by molar-refractivity contribution is 7.80. The number of Topliss-reactive ketones (excluding diaryl/α,β-unsaturated/α-hetero) is 1. The molecule has 0 spiro atoms. The number of carbonyl (C=O) groups is 1. The third-order valence-electron chi connectivity index (χ3n) is 4.80. The number of nitro groups is 1. The van der Waals surface area contributed by atoms with Crippen molar-refractivity contribution in [2.45, 2.75) is 77.8 Å². The number of likely N-dealkylation sites (tertiary alicyclic amines) is 1. The van der Waals surface area contributed by atoms with E-state index in [0.29, 0.717) is 19.4 Å². The lowest BCUT2D eigenvalue weighted by molar-refractivity contribution is -0.572. The van der Waals surface area contributed by atoms with Crippen molar-refractivity contribution in [3.05, 3.63) is 10.1 Å². The molecule has 6 heteroatoms. The fraction of sp³-hybridized carbons (Fsp3) is 0.875. The Hall–Kier alpha value is -1.04. The second kappa shape index (κ2) is 7.99. The zero-order valence-electron chi connectivity index (χ0n) is 14.1. The minimum atomic E-state index is -0.957. The summed E-state index contributed by atoms with van der Waals surface area (Å²) in [6.45, 7) is 7.77. The Labute approximate surface area is 138 Å². The molecule has 0 aromatic rings. The van der Waals surface area contributed by atoms with Gasteiger partial charge in [0.2, 0.25) is 5.54 Å². The third-order valence-corrected chi connectivity index (χ3v) is 5.21. The van der Waals surface area contributed by atoms with Crippen LogP contribution < -0.4 is 0 Å². The van der Waals surface area contributed by atoms with Gasteiger partial charge in [-0.25, -0.2) is 0 Å². The van der Waals surface area contributed by atoms with Crippen LogP contribution in [-0.2, 0) is 4.79 Å². The minimum Gasteiger partial charge on any atom is -0.363 e. The monoisotopic (exact) mass is 328 g/mol. The van der Waals surface area contributed by atoms with Gasteiger partial charge >= 0.3 is 0 Å². The van der Waals surface area contributed by atoms with Crippen molar-refractivity contribution in [3.8, 4) is 0 Å². The van der Waals surface area contributed by atoms with Gasteiger partial charge in [-0.15, -0.1) is 0 Å². The largest absolute Gasteiger partial charge is 0.363 e. The van der Waals surface area contributed by atoms with Crippen LogP contribution in [0.15, 0.2) is 0 Å². The molecule has 0 bridgehead atoms. The first kappa shape index (κ1) is 19.0. The number of nitrogens with zero attached hydrogens (tertiary/aromatic N) is 2. The molecular formula is C16H28N2O3S. The molecule has 0 saturated carbocycles. The topological polar surface area (TPSA) is 63.5 Å². The van der Waals surface area contributed by atoms with Crippen LogP contribution in [0, 0.1) is 16.0 Å². The predicted molar refractivity (Wildman–Crippen MR) is 91.7 cm³/mol. The van der Waals surface area contributed by atoms with Crippen LogP contribution in [0.25, 0.3) is 0 Å². The van der Waals surface area contributed by atoms with Gasteiger partial charge in [0.15, 0.2) is 0 Å². The first-order valence-electron chi connectivity index (χ1n) is 8.13. The maximum absolute atomic E-state index is 11.3. The Balaban J connectivity index is 2.87. The van der Waals surface area contributed by atoms with Crippen molar-refractivity contribution >= 4 is 23.0 Å². The van der Waals surface area contributed by atoms with Gasteiger partial charge in [0.05, 0.1) is 4.99 Å². The normalized spacial score (nSPS) is 22.7. The summed E-state index contributed by atoms with van der Waals surface area (Å²) in [6, 6.07) is 0.227. The van der Waals surface area contributed by atoms with Crippen LogP contribution in [0.3, 0.4) is 0 Å². The Morgan fingerprint density at radius 3 is 2.64 bits per heavy atom. The molecule has 0 amide bonds. The zero-order valence-corrected chi connectivity index (χ0v) is 14.9. The van der Waals surface area contributed by atoms with Crippen molar-refractivity contribution in [1.82, 2.24) is 4.90 Å². The average Bonchev–Trinajstić information content (AvgIpc) is 2.42. The number of thiocarbonyl (C=S) groups is 1. The lowest BCUT2D eigenvalue weighted by Gasteiger charge is -2.43. The minimum absolute atomic E-state index is 0.0366. The van der Waals surface area contributed by atoms with E-state index in [1.54, 1.807) is 20.8 Å². The number of unbranched alkanes of at least 4 members (excludes halogenated alkanes) is 1. The smallest absolute Gasteiger partial charge is 0.220 e. The van der Waals surface area contributed by atoms with E-state index in [9.17, 15) is 14.9 Å². The molecular weight excluding hydrogens is 300 g/mol. The van der Waals surface area contributed by atoms with Gasteiger partial charge in [0.25, 0.3) is 0 Å². The van der Waals surface area contributed by atoms with Gasteiger partial charge in [-0.1, -0.05) is 32.0 Å². The SMILES string of the molecule is CCCC[C@H]1C[C@H](C(C)(C)[N+](=O)[O-])CC(=S)N1CCC(C)=O.